The molecule has 0 N–H and O–H groups in total. The highest BCUT2D eigenvalue weighted by Gasteiger charge is 2.47. The minimum Gasteiger partial charge on any atom is -0.384 e. The van der Waals surface area contributed by atoms with Crippen LogP contribution >= 0.6 is 0 Å². The van der Waals surface area contributed by atoms with Crippen molar-refractivity contribution < 1.29 is 9.47 Å². The van der Waals surface area contributed by atoms with Crippen molar-refractivity contribution >= 4 is 0 Å². The molecule has 1 atom stereocenters. The predicted octanol–water partition coefficient (Wildman–Crippen LogP) is 2.20. The normalized spacial score (nSPS) is 24.2. The van der Waals surface area contributed by atoms with Crippen LogP contribution in [-0.4, -0.2) is 74.9 Å². The van der Waals surface area contributed by atoms with Crippen LogP contribution in [-0.2, 0) is 16.0 Å². The fourth-order valence-electron chi connectivity index (χ4n) is 4.61. The molecule has 0 radical (unpaired) electrons. The number of aromatic nitrogens is 1. The van der Waals surface area contributed by atoms with Crippen molar-refractivity contribution in [2.45, 2.75) is 26.3 Å². The monoisotopic (exact) mass is 347 g/mol. The van der Waals surface area contributed by atoms with E-state index >= 15 is 0 Å². The topological polar surface area (TPSA) is 37.8 Å². The fraction of sp³-hybridized carbons (Fsp3) is 0.750. The molecule has 140 valence electrons. The molecule has 2 fully saturated rings. The minimum atomic E-state index is 0.417. The molecule has 0 saturated carbocycles. The number of ether oxygens (including phenoxy) is 2. The van der Waals surface area contributed by atoms with Gasteiger partial charge in [-0.05, 0) is 50.4 Å². The maximum Gasteiger partial charge on any atom is 0.0589 e. The standard InChI is InChI=1S/C20H33N3O2/c1-17-5-4-6-19(21-17)14-22-9-7-20(8-10-22)16-23(11-12-24-2)13-18(20)15-25-3/h4-6,18H,7-16H2,1-3H3. The van der Waals surface area contributed by atoms with Crippen LogP contribution in [0.5, 0.6) is 0 Å². The van der Waals surface area contributed by atoms with Crippen molar-refractivity contribution in [3.8, 4) is 0 Å². The van der Waals surface area contributed by atoms with E-state index in [1.54, 1.807) is 7.11 Å². The number of piperidine rings is 1. The van der Waals surface area contributed by atoms with Gasteiger partial charge in [0.15, 0.2) is 0 Å². The molecule has 1 aromatic rings. The lowest BCUT2D eigenvalue weighted by Gasteiger charge is -2.42. The first-order valence-corrected chi connectivity index (χ1v) is 9.50. The fourth-order valence-corrected chi connectivity index (χ4v) is 4.61. The van der Waals surface area contributed by atoms with E-state index < -0.39 is 0 Å². The van der Waals surface area contributed by atoms with E-state index in [1.165, 1.54) is 25.1 Å². The zero-order valence-corrected chi connectivity index (χ0v) is 16.0. The highest BCUT2D eigenvalue weighted by molar-refractivity contribution is 5.10. The van der Waals surface area contributed by atoms with Crippen LogP contribution in [0, 0.1) is 18.3 Å². The van der Waals surface area contributed by atoms with Gasteiger partial charge in [0.2, 0.25) is 0 Å². The van der Waals surface area contributed by atoms with Crippen LogP contribution < -0.4 is 0 Å². The molecule has 5 nitrogen and oxygen atoms in total. The van der Waals surface area contributed by atoms with Gasteiger partial charge in [0.1, 0.15) is 0 Å². The average Bonchev–Trinajstić information content (AvgIpc) is 2.93. The predicted molar refractivity (Wildman–Crippen MR) is 99.6 cm³/mol. The molecule has 3 heterocycles. The molecule has 2 aliphatic heterocycles. The number of pyridine rings is 1. The largest absolute Gasteiger partial charge is 0.384 e. The van der Waals surface area contributed by atoms with Crippen molar-refractivity contribution in [2.75, 3.05) is 60.2 Å². The lowest BCUT2D eigenvalue weighted by Crippen LogP contribution is -2.45. The van der Waals surface area contributed by atoms with E-state index in [0.29, 0.717) is 11.3 Å². The van der Waals surface area contributed by atoms with Crippen LogP contribution in [0.3, 0.4) is 0 Å². The molecule has 1 unspecified atom stereocenters. The Morgan fingerprint density at radius 2 is 1.96 bits per heavy atom. The van der Waals surface area contributed by atoms with Gasteiger partial charge in [-0.15, -0.1) is 0 Å². The molecular weight excluding hydrogens is 314 g/mol. The van der Waals surface area contributed by atoms with Gasteiger partial charge >= 0.3 is 0 Å². The second-order valence-corrected chi connectivity index (χ2v) is 7.79. The van der Waals surface area contributed by atoms with E-state index in [-0.39, 0.29) is 0 Å². The quantitative estimate of drug-likeness (QED) is 0.756. The molecule has 3 rings (SSSR count). The Morgan fingerprint density at radius 3 is 2.64 bits per heavy atom. The van der Waals surface area contributed by atoms with Crippen LogP contribution in [0.1, 0.15) is 24.2 Å². The minimum absolute atomic E-state index is 0.417. The third-order valence-electron chi connectivity index (χ3n) is 6.05. The highest BCUT2D eigenvalue weighted by atomic mass is 16.5. The summed E-state index contributed by atoms with van der Waals surface area (Å²) in [5.41, 5.74) is 2.72. The number of likely N-dealkylation sites (tertiary alicyclic amines) is 2. The number of aryl methyl sites for hydroxylation is 1. The van der Waals surface area contributed by atoms with Gasteiger partial charge < -0.3 is 14.4 Å². The third kappa shape index (κ3) is 4.59. The maximum atomic E-state index is 5.56. The Bertz CT molecular complexity index is 543. The Morgan fingerprint density at radius 1 is 1.16 bits per heavy atom. The number of hydrogen-bond donors (Lipinski definition) is 0. The summed E-state index contributed by atoms with van der Waals surface area (Å²) in [7, 11) is 3.63. The van der Waals surface area contributed by atoms with Crippen molar-refractivity contribution in [2.24, 2.45) is 11.3 Å². The van der Waals surface area contributed by atoms with Crippen LogP contribution in [0.4, 0.5) is 0 Å². The molecule has 25 heavy (non-hydrogen) atoms. The summed E-state index contributed by atoms with van der Waals surface area (Å²) in [5.74, 6) is 0.647. The summed E-state index contributed by atoms with van der Waals surface area (Å²) < 4.78 is 10.8. The summed E-state index contributed by atoms with van der Waals surface area (Å²) in [6.45, 7) is 10.4. The van der Waals surface area contributed by atoms with Gasteiger partial charge in [-0.1, -0.05) is 6.07 Å². The SMILES string of the molecule is COCCN1CC(COC)C2(CCN(Cc3cccc(C)n3)CC2)C1. The Hall–Kier alpha value is -1.01. The molecule has 2 saturated heterocycles. The van der Waals surface area contributed by atoms with Crippen molar-refractivity contribution in [3.63, 3.8) is 0 Å². The van der Waals surface area contributed by atoms with Gasteiger partial charge in [0, 0.05) is 52.0 Å². The van der Waals surface area contributed by atoms with Gasteiger partial charge in [-0.25, -0.2) is 0 Å². The molecule has 5 heteroatoms. The highest BCUT2D eigenvalue weighted by Crippen LogP contribution is 2.44. The summed E-state index contributed by atoms with van der Waals surface area (Å²) >= 11 is 0. The molecular formula is C20H33N3O2. The van der Waals surface area contributed by atoms with Crippen molar-refractivity contribution in [3.05, 3.63) is 29.6 Å². The molecule has 0 aromatic carbocycles. The number of rotatable bonds is 7. The first-order chi connectivity index (χ1) is 12.1. The lowest BCUT2D eigenvalue weighted by atomic mass is 9.71. The zero-order valence-electron chi connectivity index (χ0n) is 16.0. The van der Waals surface area contributed by atoms with Gasteiger partial charge in [0.05, 0.1) is 18.9 Å². The van der Waals surface area contributed by atoms with E-state index in [1.807, 2.05) is 7.11 Å². The Labute approximate surface area is 152 Å². The third-order valence-corrected chi connectivity index (χ3v) is 6.05. The number of nitrogens with zero attached hydrogens (tertiary/aromatic N) is 3. The first-order valence-electron chi connectivity index (χ1n) is 9.50. The number of methoxy groups -OCH3 is 2. The summed E-state index contributed by atoms with van der Waals surface area (Å²) in [5, 5.41) is 0. The molecule has 0 bridgehead atoms. The van der Waals surface area contributed by atoms with Crippen LogP contribution in [0.2, 0.25) is 0 Å². The Kier molecular flexibility index (Phi) is 6.44. The molecule has 1 aromatic heterocycles. The summed E-state index contributed by atoms with van der Waals surface area (Å²) in [4.78, 5) is 9.80. The second-order valence-electron chi connectivity index (χ2n) is 7.79. The first kappa shape index (κ1) is 18.8. The Balaban J connectivity index is 1.58. The summed E-state index contributed by atoms with van der Waals surface area (Å²) in [6.07, 6.45) is 2.52. The van der Waals surface area contributed by atoms with Crippen LogP contribution in [0.15, 0.2) is 18.2 Å². The van der Waals surface area contributed by atoms with E-state index in [9.17, 15) is 0 Å². The van der Waals surface area contributed by atoms with Gasteiger partial charge in [-0.2, -0.15) is 0 Å². The summed E-state index contributed by atoms with van der Waals surface area (Å²) in [6, 6.07) is 6.33. The van der Waals surface area contributed by atoms with Crippen LogP contribution in [0.25, 0.3) is 0 Å². The lowest BCUT2D eigenvalue weighted by molar-refractivity contribution is 0.0344. The second kappa shape index (κ2) is 8.58. The molecule has 0 aliphatic carbocycles. The molecule has 0 amide bonds. The number of hydrogen-bond acceptors (Lipinski definition) is 5. The smallest absolute Gasteiger partial charge is 0.0589 e. The van der Waals surface area contributed by atoms with E-state index in [0.717, 1.165) is 51.6 Å². The van der Waals surface area contributed by atoms with Gasteiger partial charge in [-0.3, -0.25) is 9.88 Å². The van der Waals surface area contributed by atoms with Crippen molar-refractivity contribution in [1.29, 1.82) is 0 Å². The van der Waals surface area contributed by atoms with Gasteiger partial charge in [0.25, 0.3) is 0 Å². The van der Waals surface area contributed by atoms with E-state index in [4.69, 9.17) is 9.47 Å². The zero-order chi connectivity index (χ0) is 17.7. The average molecular weight is 348 g/mol. The van der Waals surface area contributed by atoms with E-state index in [2.05, 4.69) is 39.9 Å². The molecule has 1 spiro atoms. The maximum absolute atomic E-state index is 5.56. The molecule has 2 aliphatic rings. The van der Waals surface area contributed by atoms with Crippen molar-refractivity contribution in [1.82, 2.24) is 14.8 Å².